The first-order valence-corrected chi connectivity index (χ1v) is 7.02. The van der Waals surface area contributed by atoms with E-state index in [0.717, 1.165) is 19.1 Å². The predicted molar refractivity (Wildman–Crippen MR) is 61.3 cm³/mol. The number of hydrogen-bond acceptors (Lipinski definition) is 6. The lowest BCUT2D eigenvalue weighted by molar-refractivity contribution is 0.597. The molecule has 0 amide bonds. The summed E-state index contributed by atoms with van der Waals surface area (Å²) in [6, 6.07) is 2.18. The van der Waals surface area contributed by atoms with Crippen molar-refractivity contribution in [1.82, 2.24) is 9.97 Å². The van der Waals surface area contributed by atoms with Crippen molar-refractivity contribution in [2.24, 2.45) is 0 Å². The maximum Gasteiger partial charge on any atom is 0.226 e. The molecule has 0 saturated heterocycles. The normalized spacial score (nSPS) is 15.4. The number of nitrogens with zero attached hydrogens (tertiary/aromatic N) is 4. The van der Waals surface area contributed by atoms with E-state index in [1.807, 2.05) is 11.9 Å². The van der Waals surface area contributed by atoms with Crippen LogP contribution in [0.2, 0.25) is 0 Å². The lowest BCUT2D eigenvalue weighted by Gasteiger charge is -2.16. The maximum absolute atomic E-state index is 11.5. The molecule has 0 radical (unpaired) electrons. The molecule has 1 saturated carbocycles. The summed E-state index contributed by atoms with van der Waals surface area (Å²) in [6.45, 7) is 0. The van der Waals surface area contributed by atoms with Gasteiger partial charge >= 0.3 is 0 Å². The number of sulfone groups is 1. The quantitative estimate of drug-likeness (QED) is 0.721. The third-order valence-electron chi connectivity index (χ3n) is 2.62. The molecule has 1 aromatic rings. The van der Waals surface area contributed by atoms with E-state index in [-0.39, 0.29) is 10.6 Å². The zero-order valence-electron chi connectivity index (χ0n) is 9.58. The molecule has 0 N–H and O–H groups in total. The third kappa shape index (κ3) is 2.36. The van der Waals surface area contributed by atoms with Crippen molar-refractivity contribution in [3.8, 4) is 6.07 Å². The smallest absolute Gasteiger partial charge is 0.226 e. The molecule has 0 aromatic carbocycles. The molecule has 1 aromatic heterocycles. The van der Waals surface area contributed by atoms with E-state index < -0.39 is 9.84 Å². The average molecular weight is 252 g/mol. The lowest BCUT2D eigenvalue weighted by atomic mass is 10.4. The van der Waals surface area contributed by atoms with Gasteiger partial charge in [-0.25, -0.2) is 13.4 Å². The Balaban J connectivity index is 2.49. The zero-order valence-corrected chi connectivity index (χ0v) is 10.4. The van der Waals surface area contributed by atoms with Crippen molar-refractivity contribution in [2.75, 3.05) is 18.2 Å². The average Bonchev–Trinajstić information content (AvgIpc) is 3.10. The van der Waals surface area contributed by atoms with Gasteiger partial charge in [0.1, 0.15) is 11.6 Å². The molecule has 1 fully saturated rings. The molecule has 6 nitrogen and oxygen atoms in total. The second-order valence-corrected chi connectivity index (χ2v) is 6.05. The fourth-order valence-corrected chi connectivity index (χ4v) is 2.26. The Hall–Kier alpha value is -1.68. The standard InChI is InChI=1S/C10H12N4O2S/c1-14(8-3-4-8)10-12-6-7(5-11)9(13-10)17(2,15)16/h6,8H,3-4H2,1-2H3. The van der Waals surface area contributed by atoms with Gasteiger partial charge in [-0.05, 0) is 12.8 Å². The van der Waals surface area contributed by atoms with E-state index in [1.54, 1.807) is 6.07 Å². The number of anilines is 1. The Morgan fingerprint density at radius 1 is 1.53 bits per heavy atom. The highest BCUT2D eigenvalue weighted by molar-refractivity contribution is 7.90. The monoisotopic (exact) mass is 252 g/mol. The topological polar surface area (TPSA) is 87.0 Å². The van der Waals surface area contributed by atoms with Gasteiger partial charge in [0.2, 0.25) is 5.95 Å². The van der Waals surface area contributed by atoms with E-state index >= 15 is 0 Å². The summed E-state index contributed by atoms with van der Waals surface area (Å²) >= 11 is 0. The third-order valence-corrected chi connectivity index (χ3v) is 3.64. The molecule has 0 spiro atoms. The first kappa shape index (κ1) is 11.8. The van der Waals surface area contributed by atoms with Crippen molar-refractivity contribution < 1.29 is 8.42 Å². The van der Waals surface area contributed by atoms with Crippen molar-refractivity contribution in [2.45, 2.75) is 23.9 Å². The van der Waals surface area contributed by atoms with Crippen molar-refractivity contribution >= 4 is 15.8 Å². The number of nitriles is 1. The first-order chi connectivity index (χ1) is 7.93. The Morgan fingerprint density at radius 2 is 2.18 bits per heavy atom. The minimum atomic E-state index is -3.51. The molecule has 0 bridgehead atoms. The number of aromatic nitrogens is 2. The molecule has 1 aliphatic rings. The van der Waals surface area contributed by atoms with Gasteiger partial charge in [0.05, 0.1) is 6.20 Å². The zero-order chi connectivity index (χ0) is 12.6. The van der Waals surface area contributed by atoms with E-state index in [9.17, 15) is 8.42 Å². The van der Waals surface area contributed by atoms with Gasteiger partial charge in [-0.15, -0.1) is 0 Å². The summed E-state index contributed by atoms with van der Waals surface area (Å²) in [5.74, 6) is 0.354. The fraction of sp³-hybridized carbons (Fsp3) is 0.500. The van der Waals surface area contributed by atoms with Gasteiger partial charge in [-0.1, -0.05) is 0 Å². The minimum absolute atomic E-state index is 0.0135. The second-order valence-electron chi connectivity index (χ2n) is 4.11. The van der Waals surface area contributed by atoms with E-state index in [4.69, 9.17) is 5.26 Å². The summed E-state index contributed by atoms with van der Waals surface area (Å²) < 4.78 is 23.0. The van der Waals surface area contributed by atoms with Crippen LogP contribution in [-0.4, -0.2) is 37.7 Å². The Bertz CT molecular complexity index is 587. The molecule has 17 heavy (non-hydrogen) atoms. The van der Waals surface area contributed by atoms with Crippen LogP contribution < -0.4 is 4.90 Å². The van der Waals surface area contributed by atoms with Crippen molar-refractivity contribution in [3.05, 3.63) is 11.8 Å². The second kappa shape index (κ2) is 3.96. The molecule has 90 valence electrons. The summed E-state index contributed by atoms with van der Waals surface area (Å²) in [6.07, 6.45) is 4.43. The molecule has 7 heteroatoms. The minimum Gasteiger partial charge on any atom is -0.341 e. The highest BCUT2D eigenvalue weighted by Gasteiger charge is 2.29. The van der Waals surface area contributed by atoms with Crippen LogP contribution in [0.3, 0.4) is 0 Å². The fourth-order valence-electron chi connectivity index (χ4n) is 1.51. The van der Waals surface area contributed by atoms with Crippen LogP contribution in [-0.2, 0) is 9.84 Å². The highest BCUT2D eigenvalue weighted by Crippen LogP contribution is 2.28. The van der Waals surface area contributed by atoms with Crippen LogP contribution in [0.4, 0.5) is 5.95 Å². The lowest BCUT2D eigenvalue weighted by Crippen LogP contribution is -2.23. The highest BCUT2D eigenvalue weighted by atomic mass is 32.2. The van der Waals surface area contributed by atoms with Gasteiger partial charge < -0.3 is 4.90 Å². The van der Waals surface area contributed by atoms with Crippen molar-refractivity contribution in [1.29, 1.82) is 5.26 Å². The van der Waals surface area contributed by atoms with Crippen LogP contribution in [0, 0.1) is 11.3 Å². The summed E-state index contributed by atoms with van der Waals surface area (Å²) in [4.78, 5) is 9.84. The van der Waals surface area contributed by atoms with Gasteiger partial charge in [0, 0.05) is 19.3 Å². The van der Waals surface area contributed by atoms with Crippen LogP contribution in [0.25, 0.3) is 0 Å². The Labute approximate surface area is 99.8 Å². The van der Waals surface area contributed by atoms with E-state index in [1.165, 1.54) is 6.20 Å². The van der Waals surface area contributed by atoms with E-state index in [2.05, 4.69) is 9.97 Å². The van der Waals surface area contributed by atoms with Crippen LogP contribution in [0.15, 0.2) is 11.2 Å². The van der Waals surface area contributed by atoms with Gasteiger partial charge in [0.25, 0.3) is 0 Å². The van der Waals surface area contributed by atoms with Crippen molar-refractivity contribution in [3.63, 3.8) is 0 Å². The molecule has 0 atom stereocenters. The number of rotatable bonds is 3. The van der Waals surface area contributed by atoms with Crippen LogP contribution in [0.5, 0.6) is 0 Å². The van der Waals surface area contributed by atoms with E-state index in [0.29, 0.717) is 12.0 Å². The SMILES string of the molecule is CN(c1ncc(C#N)c(S(C)(=O)=O)n1)C1CC1. The van der Waals surface area contributed by atoms with Gasteiger partial charge in [-0.3, -0.25) is 0 Å². The Morgan fingerprint density at radius 3 is 2.65 bits per heavy atom. The van der Waals surface area contributed by atoms with Gasteiger partial charge in [0.15, 0.2) is 14.9 Å². The molecule has 0 aliphatic heterocycles. The molecule has 1 aliphatic carbocycles. The molecular weight excluding hydrogens is 240 g/mol. The predicted octanol–water partition coefficient (Wildman–Crippen LogP) is 0.350. The molecular formula is C10H12N4O2S. The van der Waals surface area contributed by atoms with Gasteiger partial charge in [-0.2, -0.15) is 10.2 Å². The summed E-state index contributed by atoms with van der Waals surface area (Å²) in [7, 11) is -1.68. The summed E-state index contributed by atoms with van der Waals surface area (Å²) in [5, 5.41) is 8.63. The van der Waals surface area contributed by atoms with Crippen LogP contribution >= 0.6 is 0 Å². The first-order valence-electron chi connectivity index (χ1n) is 5.13. The number of hydrogen-bond donors (Lipinski definition) is 0. The molecule has 2 rings (SSSR count). The summed E-state index contributed by atoms with van der Waals surface area (Å²) in [5.41, 5.74) is -0.0135. The maximum atomic E-state index is 11.5. The largest absolute Gasteiger partial charge is 0.341 e. The Kier molecular flexibility index (Phi) is 2.75. The molecule has 0 unspecified atom stereocenters. The van der Waals surface area contributed by atoms with Crippen LogP contribution in [0.1, 0.15) is 18.4 Å². The molecule has 1 heterocycles.